The van der Waals surface area contributed by atoms with Crippen LogP contribution >= 0.6 is 0 Å². The van der Waals surface area contributed by atoms with E-state index >= 15 is 0 Å². The van der Waals surface area contributed by atoms with Crippen LogP contribution < -0.4 is 42.3 Å². The van der Waals surface area contributed by atoms with Crippen molar-refractivity contribution in [3.8, 4) is 56.6 Å². The second kappa shape index (κ2) is 13.0. The highest BCUT2D eigenvalue weighted by Gasteiger charge is 2.46. The quantitative estimate of drug-likeness (QED) is 0.162. The third-order valence-corrected chi connectivity index (χ3v) is 15.9. The standard InChI is InChI=1S/C62H46B2N2O2/c1-31-9-13-41(37(7)17-31)39-25-53-59-57(27-39)67-55-30-56-48(29-47(55)63(59)49-23-35(5)21-45-43-19-33(3)11-15-51(43)65(53)61(45)49)64-50-24-36(6)22-46-44-20-34(4)12-16-52(44)66(62(46)50)54-26-40(28-58(68-56)60(54)64)42-14-10-32(2)18-38(42)8/h9-30H,1-8H3. The molecule has 4 aliphatic heterocycles. The van der Waals surface area contributed by atoms with Gasteiger partial charge in [-0.1, -0.05) is 100 Å². The van der Waals surface area contributed by atoms with Gasteiger partial charge >= 0.3 is 0 Å². The van der Waals surface area contributed by atoms with Crippen LogP contribution in [-0.2, 0) is 0 Å². The Labute approximate surface area is 396 Å². The van der Waals surface area contributed by atoms with Crippen molar-refractivity contribution in [1.82, 2.24) is 9.13 Å². The van der Waals surface area contributed by atoms with Gasteiger partial charge in [0.25, 0.3) is 13.4 Å². The van der Waals surface area contributed by atoms with E-state index in [1.807, 2.05) is 0 Å². The number of hydrogen-bond donors (Lipinski definition) is 0. The maximum Gasteiger partial charge on any atom is 0.256 e. The minimum atomic E-state index is -0.0641. The molecule has 0 saturated carbocycles. The third-order valence-electron chi connectivity index (χ3n) is 15.9. The molecule has 322 valence electrons. The Morgan fingerprint density at radius 1 is 0.338 bits per heavy atom. The maximum absolute atomic E-state index is 7.37. The lowest BCUT2D eigenvalue weighted by atomic mass is 9.31. The predicted octanol–water partition coefficient (Wildman–Crippen LogP) is 11.6. The van der Waals surface area contributed by atoms with Gasteiger partial charge in [0.2, 0.25) is 0 Å². The van der Waals surface area contributed by atoms with Gasteiger partial charge in [-0.3, -0.25) is 0 Å². The Hall–Kier alpha value is -7.69. The SMILES string of the molecule is Cc1ccc(-c2cc3c4c(c2)-n2c5ccc(C)cc5c5cc(C)cc(c52)B4c2cc4c(cc2O3)Oc2cc(-c3ccc(C)cc3C)cc3c2B4c2cc(C)cc4c5cc(C)ccc5n-3c24)c(C)c1. The summed E-state index contributed by atoms with van der Waals surface area (Å²) in [6.45, 7) is 17.6. The topological polar surface area (TPSA) is 28.3 Å². The first-order chi connectivity index (χ1) is 32.9. The van der Waals surface area contributed by atoms with Crippen molar-refractivity contribution in [2.24, 2.45) is 0 Å². The average molecular weight is 873 g/mol. The van der Waals surface area contributed by atoms with Crippen molar-refractivity contribution < 1.29 is 9.47 Å². The van der Waals surface area contributed by atoms with Crippen LogP contribution in [0.3, 0.4) is 0 Å². The van der Waals surface area contributed by atoms with Gasteiger partial charge in [-0.15, -0.1) is 0 Å². The first kappa shape index (κ1) is 38.4. The van der Waals surface area contributed by atoms with Crippen molar-refractivity contribution in [2.45, 2.75) is 55.4 Å². The van der Waals surface area contributed by atoms with Crippen molar-refractivity contribution in [1.29, 1.82) is 0 Å². The Morgan fingerprint density at radius 2 is 0.750 bits per heavy atom. The summed E-state index contributed by atoms with van der Waals surface area (Å²) < 4.78 is 19.8. The number of fused-ring (bicyclic) bond motifs is 14. The maximum atomic E-state index is 7.37. The third kappa shape index (κ3) is 4.97. The molecule has 0 radical (unpaired) electrons. The molecule has 4 aliphatic rings. The van der Waals surface area contributed by atoms with Gasteiger partial charge in [-0.05, 0) is 182 Å². The van der Waals surface area contributed by atoms with Crippen LogP contribution in [0.1, 0.15) is 44.5 Å². The van der Waals surface area contributed by atoms with Crippen molar-refractivity contribution in [2.75, 3.05) is 0 Å². The molecule has 0 spiro atoms. The van der Waals surface area contributed by atoms with Crippen LogP contribution in [0.15, 0.2) is 133 Å². The Kier molecular flexibility index (Phi) is 7.37. The highest BCUT2D eigenvalue weighted by atomic mass is 16.5. The van der Waals surface area contributed by atoms with Crippen LogP contribution in [0.4, 0.5) is 0 Å². The summed E-state index contributed by atoms with van der Waals surface area (Å²) in [5.41, 5.74) is 29.6. The smallest absolute Gasteiger partial charge is 0.256 e. The first-order valence-electron chi connectivity index (χ1n) is 24.1. The van der Waals surface area contributed by atoms with E-state index in [4.69, 9.17) is 9.47 Å². The number of nitrogens with zero attached hydrogens (tertiary/aromatic N) is 2. The van der Waals surface area contributed by atoms with Gasteiger partial charge in [0.05, 0.1) is 11.0 Å². The summed E-state index contributed by atoms with van der Waals surface area (Å²) in [6.07, 6.45) is 0. The molecule has 0 N–H and O–H groups in total. The number of aryl methyl sites for hydroxylation is 8. The Bertz CT molecular complexity index is 3940. The monoisotopic (exact) mass is 872 g/mol. The molecule has 11 aromatic rings. The minimum absolute atomic E-state index is 0.0641. The lowest BCUT2D eigenvalue weighted by Gasteiger charge is -2.37. The molecule has 0 aliphatic carbocycles. The molecule has 0 amide bonds. The van der Waals surface area contributed by atoms with Crippen LogP contribution in [-0.4, -0.2) is 22.6 Å². The van der Waals surface area contributed by atoms with Gasteiger partial charge in [0, 0.05) is 50.0 Å². The Morgan fingerprint density at radius 3 is 1.19 bits per heavy atom. The predicted molar refractivity (Wildman–Crippen MR) is 286 cm³/mol. The summed E-state index contributed by atoms with van der Waals surface area (Å²) in [4.78, 5) is 0. The molecule has 68 heavy (non-hydrogen) atoms. The van der Waals surface area contributed by atoms with E-state index in [1.54, 1.807) is 0 Å². The second-order valence-corrected chi connectivity index (χ2v) is 20.7. The highest BCUT2D eigenvalue weighted by molar-refractivity contribution is 7.02. The van der Waals surface area contributed by atoms with Gasteiger partial charge in [-0.25, -0.2) is 0 Å². The molecule has 2 aromatic heterocycles. The van der Waals surface area contributed by atoms with Crippen LogP contribution in [0.2, 0.25) is 0 Å². The van der Waals surface area contributed by atoms with E-state index in [0.29, 0.717) is 0 Å². The van der Waals surface area contributed by atoms with Gasteiger partial charge < -0.3 is 18.6 Å². The molecule has 0 bridgehead atoms. The van der Waals surface area contributed by atoms with E-state index < -0.39 is 0 Å². The van der Waals surface area contributed by atoms with E-state index in [2.05, 4.69) is 198 Å². The highest BCUT2D eigenvalue weighted by Crippen LogP contribution is 2.44. The molecular formula is C62H46B2N2O2. The summed E-state index contributed by atoms with van der Waals surface area (Å²) in [5.74, 6) is 3.50. The number of aromatic nitrogens is 2. The summed E-state index contributed by atoms with van der Waals surface area (Å²) >= 11 is 0. The fraction of sp³-hybridized carbons (Fsp3) is 0.129. The number of hydrogen-bond acceptors (Lipinski definition) is 2. The second-order valence-electron chi connectivity index (χ2n) is 20.7. The van der Waals surface area contributed by atoms with E-state index in [-0.39, 0.29) is 13.4 Å². The molecule has 0 fully saturated rings. The van der Waals surface area contributed by atoms with Crippen LogP contribution in [0, 0.1) is 55.4 Å². The van der Waals surface area contributed by atoms with Crippen molar-refractivity contribution in [3.63, 3.8) is 0 Å². The lowest BCUT2D eigenvalue weighted by Crippen LogP contribution is -2.62. The minimum Gasteiger partial charge on any atom is -0.458 e. The largest absolute Gasteiger partial charge is 0.458 e. The van der Waals surface area contributed by atoms with Gasteiger partial charge in [-0.2, -0.15) is 0 Å². The molecule has 0 atom stereocenters. The molecule has 6 heteroatoms. The zero-order valence-electron chi connectivity index (χ0n) is 39.6. The van der Waals surface area contributed by atoms with E-state index in [9.17, 15) is 0 Å². The summed E-state index contributed by atoms with van der Waals surface area (Å²) in [5, 5.41) is 5.17. The zero-order chi connectivity index (χ0) is 45.8. The van der Waals surface area contributed by atoms with Gasteiger partial charge in [0.1, 0.15) is 23.0 Å². The molecule has 15 rings (SSSR count). The number of ether oxygens (including phenoxy) is 2. The fourth-order valence-corrected chi connectivity index (χ4v) is 13.2. The van der Waals surface area contributed by atoms with Crippen LogP contribution in [0.25, 0.3) is 77.2 Å². The molecular weight excluding hydrogens is 826 g/mol. The average Bonchev–Trinajstić information content (AvgIpc) is 3.80. The molecule has 0 saturated heterocycles. The molecule has 9 aromatic carbocycles. The first-order valence-corrected chi connectivity index (χ1v) is 24.1. The molecule has 4 nitrogen and oxygen atoms in total. The summed E-state index contributed by atoms with van der Waals surface area (Å²) in [7, 11) is 0. The van der Waals surface area contributed by atoms with Crippen molar-refractivity contribution in [3.05, 3.63) is 178 Å². The van der Waals surface area contributed by atoms with Crippen LogP contribution in [0.5, 0.6) is 23.0 Å². The van der Waals surface area contributed by atoms with E-state index in [1.165, 1.54) is 143 Å². The fourth-order valence-electron chi connectivity index (χ4n) is 13.2. The summed E-state index contributed by atoms with van der Waals surface area (Å²) in [6, 6.07) is 51.3. The van der Waals surface area contributed by atoms with Crippen molar-refractivity contribution >= 4 is 89.8 Å². The zero-order valence-corrected chi connectivity index (χ0v) is 39.6. The van der Waals surface area contributed by atoms with E-state index in [0.717, 1.165) is 34.1 Å². The number of benzene rings is 9. The van der Waals surface area contributed by atoms with Gasteiger partial charge in [0.15, 0.2) is 0 Å². The lowest BCUT2D eigenvalue weighted by molar-refractivity contribution is 0.465. The molecule has 6 heterocycles. The normalized spacial score (nSPS) is 13.5. The molecule has 0 unspecified atom stereocenters. The Balaban J connectivity index is 1.04. The number of rotatable bonds is 2.